The molecule has 0 aliphatic carbocycles. The minimum Gasteiger partial charge on any atom is -0.508 e. The summed E-state index contributed by atoms with van der Waals surface area (Å²) in [4.78, 5) is 9.41. The van der Waals surface area contributed by atoms with Crippen LogP contribution in [0.25, 0.3) is 0 Å². The van der Waals surface area contributed by atoms with Gasteiger partial charge in [-0.1, -0.05) is 11.6 Å². The maximum absolute atomic E-state index is 9.75. The zero-order valence-electron chi connectivity index (χ0n) is 13.4. The van der Waals surface area contributed by atoms with Crippen LogP contribution in [0.3, 0.4) is 0 Å². The van der Waals surface area contributed by atoms with Gasteiger partial charge in [0.05, 0.1) is 5.56 Å². The Hall–Kier alpha value is -2.24. The molecule has 0 bridgehead atoms. The summed E-state index contributed by atoms with van der Waals surface area (Å²) >= 11 is 6.22. The van der Waals surface area contributed by atoms with Gasteiger partial charge in [0.2, 0.25) is 0 Å². The highest BCUT2D eigenvalue weighted by atomic mass is 35.5. The number of aromatic hydroxyl groups is 1. The van der Waals surface area contributed by atoms with Crippen molar-refractivity contribution in [1.29, 1.82) is 0 Å². The number of amidine groups is 1. The lowest BCUT2D eigenvalue weighted by Gasteiger charge is -2.34. The van der Waals surface area contributed by atoms with Crippen LogP contribution < -0.4 is 4.74 Å². The van der Waals surface area contributed by atoms with Crippen molar-refractivity contribution in [2.75, 3.05) is 33.2 Å². The molecule has 2 heterocycles. The number of phenolic OH excluding ortho intramolecular Hbond substituents is 1. The van der Waals surface area contributed by atoms with Crippen LogP contribution in [0.5, 0.6) is 17.2 Å². The third-order valence-electron chi connectivity index (χ3n) is 4.37. The van der Waals surface area contributed by atoms with Gasteiger partial charge < -0.3 is 19.6 Å². The van der Waals surface area contributed by atoms with Gasteiger partial charge in [0.15, 0.2) is 5.75 Å². The van der Waals surface area contributed by atoms with Crippen LogP contribution in [0.2, 0.25) is 5.02 Å². The molecule has 0 amide bonds. The first-order valence-electron chi connectivity index (χ1n) is 7.93. The molecule has 0 radical (unpaired) electrons. The van der Waals surface area contributed by atoms with Gasteiger partial charge in [0.1, 0.15) is 23.0 Å². The molecule has 1 fully saturated rings. The first-order valence-corrected chi connectivity index (χ1v) is 8.31. The van der Waals surface area contributed by atoms with E-state index in [9.17, 15) is 5.11 Å². The first-order chi connectivity index (χ1) is 11.6. The number of fused-ring (bicyclic) bond motifs is 2. The Bertz CT molecular complexity index is 814. The van der Waals surface area contributed by atoms with E-state index in [1.807, 2.05) is 12.1 Å². The fraction of sp³-hybridized carbons (Fsp3) is 0.278. The van der Waals surface area contributed by atoms with Gasteiger partial charge in [-0.3, -0.25) is 0 Å². The highest BCUT2D eigenvalue weighted by Gasteiger charge is 2.25. The van der Waals surface area contributed by atoms with Gasteiger partial charge in [-0.2, -0.15) is 0 Å². The predicted molar refractivity (Wildman–Crippen MR) is 94.9 cm³/mol. The number of nitrogens with zero attached hydrogens (tertiary/aromatic N) is 3. The molecule has 0 spiro atoms. The highest BCUT2D eigenvalue weighted by molar-refractivity contribution is 6.31. The Morgan fingerprint density at radius 2 is 1.83 bits per heavy atom. The summed E-state index contributed by atoms with van der Waals surface area (Å²) in [5, 5.41) is 10.4. The van der Waals surface area contributed by atoms with Crippen LogP contribution in [0.1, 0.15) is 5.56 Å². The van der Waals surface area contributed by atoms with E-state index in [1.54, 1.807) is 24.3 Å². The normalized spacial score (nSPS) is 17.4. The number of halogens is 1. The number of ether oxygens (including phenoxy) is 1. The van der Waals surface area contributed by atoms with Crippen molar-refractivity contribution in [2.24, 2.45) is 4.99 Å². The monoisotopic (exact) mass is 343 g/mol. The van der Waals surface area contributed by atoms with Crippen LogP contribution in [0, 0.1) is 0 Å². The summed E-state index contributed by atoms with van der Waals surface area (Å²) in [7, 11) is 2.12. The van der Waals surface area contributed by atoms with E-state index >= 15 is 0 Å². The van der Waals surface area contributed by atoms with Crippen LogP contribution in [0.4, 0.5) is 5.69 Å². The molecule has 6 heteroatoms. The number of piperazine rings is 1. The molecule has 5 nitrogen and oxygen atoms in total. The summed E-state index contributed by atoms with van der Waals surface area (Å²) in [5.74, 6) is 2.26. The third-order valence-corrected chi connectivity index (χ3v) is 4.61. The standard InChI is InChI=1S/C18H18ClN3O2/c1-21-6-8-22(9-7-21)18-14-10-12(19)2-5-16(14)24-17-11-13(23)3-4-15(17)20-18/h2-5,10-11,23H,6-9H2,1H3. The van der Waals surface area contributed by atoms with Crippen LogP contribution in [-0.4, -0.2) is 54.0 Å². The predicted octanol–water partition coefficient (Wildman–Crippen LogP) is 3.48. The summed E-state index contributed by atoms with van der Waals surface area (Å²) in [6, 6.07) is 10.5. The minimum atomic E-state index is 0.155. The van der Waals surface area contributed by atoms with E-state index in [-0.39, 0.29) is 5.75 Å². The lowest BCUT2D eigenvalue weighted by atomic mass is 10.1. The van der Waals surface area contributed by atoms with E-state index < -0.39 is 0 Å². The number of aliphatic imine (C=N–C) groups is 1. The fourth-order valence-corrected chi connectivity index (χ4v) is 3.17. The molecule has 2 aliphatic rings. The van der Waals surface area contributed by atoms with Crippen LogP contribution in [-0.2, 0) is 0 Å². The average Bonchev–Trinajstić information content (AvgIpc) is 2.72. The second kappa shape index (κ2) is 6.00. The van der Waals surface area contributed by atoms with Gasteiger partial charge in [0.25, 0.3) is 0 Å². The van der Waals surface area contributed by atoms with E-state index in [4.69, 9.17) is 21.3 Å². The van der Waals surface area contributed by atoms with Gasteiger partial charge in [-0.15, -0.1) is 0 Å². The van der Waals surface area contributed by atoms with Crippen molar-refractivity contribution in [3.05, 3.63) is 47.0 Å². The number of likely N-dealkylation sites (N-methyl/N-ethyl adjacent to an activating group) is 1. The van der Waals surface area contributed by atoms with E-state index in [0.29, 0.717) is 22.2 Å². The lowest BCUT2D eigenvalue weighted by molar-refractivity contribution is 0.215. The average molecular weight is 344 g/mol. The molecule has 0 unspecified atom stereocenters. The molecule has 24 heavy (non-hydrogen) atoms. The molecule has 2 aromatic carbocycles. The lowest BCUT2D eigenvalue weighted by Crippen LogP contribution is -2.47. The van der Waals surface area contributed by atoms with Crippen LogP contribution in [0.15, 0.2) is 41.4 Å². The SMILES string of the molecule is CN1CCN(C2=Nc3ccc(O)cc3Oc3ccc(Cl)cc32)CC1. The van der Waals surface area contributed by atoms with E-state index in [1.165, 1.54) is 0 Å². The summed E-state index contributed by atoms with van der Waals surface area (Å²) in [5.41, 5.74) is 1.58. The molecule has 1 N–H and O–H groups in total. The summed E-state index contributed by atoms with van der Waals surface area (Å²) in [6.07, 6.45) is 0. The summed E-state index contributed by atoms with van der Waals surface area (Å²) < 4.78 is 6.01. The highest BCUT2D eigenvalue weighted by Crippen LogP contribution is 2.40. The molecule has 2 aliphatic heterocycles. The Morgan fingerprint density at radius 1 is 1.04 bits per heavy atom. The van der Waals surface area contributed by atoms with Crippen molar-refractivity contribution in [1.82, 2.24) is 9.80 Å². The van der Waals surface area contributed by atoms with Crippen molar-refractivity contribution in [3.63, 3.8) is 0 Å². The molecular formula is C18H18ClN3O2. The van der Waals surface area contributed by atoms with Gasteiger partial charge in [0, 0.05) is 37.3 Å². The molecule has 0 aromatic heterocycles. The first kappa shape index (κ1) is 15.3. The fourth-order valence-electron chi connectivity index (χ4n) is 2.99. The maximum Gasteiger partial charge on any atom is 0.156 e. The summed E-state index contributed by atoms with van der Waals surface area (Å²) in [6.45, 7) is 3.76. The molecule has 2 aromatic rings. The van der Waals surface area contributed by atoms with Crippen molar-refractivity contribution < 1.29 is 9.84 Å². The smallest absolute Gasteiger partial charge is 0.156 e. The molecule has 0 atom stereocenters. The zero-order valence-corrected chi connectivity index (χ0v) is 14.1. The second-order valence-corrected chi connectivity index (χ2v) is 6.56. The largest absolute Gasteiger partial charge is 0.508 e. The number of benzene rings is 2. The molecule has 0 saturated carbocycles. The van der Waals surface area contributed by atoms with Gasteiger partial charge in [-0.05, 0) is 37.4 Å². The second-order valence-electron chi connectivity index (χ2n) is 6.12. The van der Waals surface area contributed by atoms with Crippen molar-refractivity contribution in [3.8, 4) is 17.2 Å². The quantitative estimate of drug-likeness (QED) is 0.795. The number of hydrogen-bond acceptors (Lipinski definition) is 5. The molecule has 4 rings (SSSR count). The van der Waals surface area contributed by atoms with E-state index in [0.717, 1.165) is 37.6 Å². The molecular weight excluding hydrogens is 326 g/mol. The van der Waals surface area contributed by atoms with Gasteiger partial charge in [-0.25, -0.2) is 4.99 Å². The minimum absolute atomic E-state index is 0.155. The van der Waals surface area contributed by atoms with Crippen molar-refractivity contribution in [2.45, 2.75) is 0 Å². The van der Waals surface area contributed by atoms with Crippen LogP contribution >= 0.6 is 11.6 Å². The maximum atomic E-state index is 9.75. The third kappa shape index (κ3) is 2.81. The number of rotatable bonds is 0. The van der Waals surface area contributed by atoms with Gasteiger partial charge >= 0.3 is 0 Å². The molecule has 1 saturated heterocycles. The topological polar surface area (TPSA) is 48.3 Å². The number of phenols is 1. The Balaban J connectivity index is 1.85. The molecule has 124 valence electrons. The Morgan fingerprint density at radius 3 is 2.62 bits per heavy atom. The Labute approximate surface area is 145 Å². The van der Waals surface area contributed by atoms with Crippen molar-refractivity contribution >= 4 is 23.1 Å². The Kier molecular flexibility index (Phi) is 3.82. The number of hydrogen-bond donors (Lipinski definition) is 1. The zero-order chi connectivity index (χ0) is 16.7. The van der Waals surface area contributed by atoms with E-state index in [2.05, 4.69) is 16.8 Å².